The average molecular weight is 258 g/mol. The minimum atomic E-state index is 0.567. The molecule has 1 rings (SSSR count). The maximum atomic E-state index is 3.48. The third-order valence-corrected chi connectivity index (χ3v) is 3.71. The molecule has 0 saturated carbocycles. The Balaban J connectivity index is 2.41. The minimum absolute atomic E-state index is 0.567. The van der Waals surface area contributed by atoms with E-state index < -0.39 is 0 Å². The Bertz CT molecular complexity index is 114. The lowest BCUT2D eigenvalue weighted by Gasteiger charge is -2.17. The van der Waals surface area contributed by atoms with Crippen LogP contribution in [0.3, 0.4) is 0 Å². The summed E-state index contributed by atoms with van der Waals surface area (Å²) in [6.45, 7) is 1.06. The van der Waals surface area contributed by atoms with Crippen molar-refractivity contribution in [3.63, 3.8) is 0 Å². The molecule has 0 bridgehead atoms. The first-order valence-corrected chi connectivity index (χ1v) is 6.77. The van der Waals surface area contributed by atoms with Crippen molar-refractivity contribution in [2.75, 3.05) is 24.4 Å². The van der Waals surface area contributed by atoms with E-state index >= 15 is 0 Å². The molecule has 1 atom stereocenters. The summed E-state index contributed by atoms with van der Waals surface area (Å²) >= 11 is 6.92. The molecule has 1 unspecified atom stereocenters. The topological polar surface area (TPSA) is 18.5 Å². The Labute approximate surface area is 84.6 Å². The van der Waals surface area contributed by atoms with Crippen LogP contribution in [-0.4, -0.2) is 39.3 Å². The molecular formula is C5H12BrN3S2. The Morgan fingerprint density at radius 2 is 2.27 bits per heavy atom. The normalized spacial score (nSPS) is 28.1. The SMILES string of the molecule is CSN1CC(CBr)N(SC)N1. The highest BCUT2D eigenvalue weighted by atomic mass is 79.9. The lowest BCUT2D eigenvalue weighted by atomic mass is 10.4. The number of rotatable bonds is 3. The van der Waals surface area contributed by atoms with Crippen LogP contribution in [0.5, 0.6) is 0 Å². The summed E-state index contributed by atoms with van der Waals surface area (Å²) in [5.74, 6) is 0. The first-order valence-electron chi connectivity index (χ1n) is 3.29. The summed E-state index contributed by atoms with van der Waals surface area (Å²) in [7, 11) is 0. The van der Waals surface area contributed by atoms with Crippen molar-refractivity contribution in [1.29, 1.82) is 0 Å². The van der Waals surface area contributed by atoms with Gasteiger partial charge in [0.2, 0.25) is 0 Å². The number of hydrazine groups is 2. The fraction of sp³-hybridized carbons (Fsp3) is 1.00. The number of hydrogen-bond donors (Lipinski definition) is 1. The van der Waals surface area contributed by atoms with Gasteiger partial charge in [-0.15, -0.1) is 0 Å². The summed E-state index contributed by atoms with van der Waals surface area (Å²) < 4.78 is 4.29. The van der Waals surface area contributed by atoms with E-state index in [-0.39, 0.29) is 0 Å². The smallest absolute Gasteiger partial charge is 0.0618 e. The van der Waals surface area contributed by atoms with E-state index in [1.165, 1.54) is 0 Å². The van der Waals surface area contributed by atoms with E-state index in [2.05, 4.69) is 42.8 Å². The van der Waals surface area contributed by atoms with Crippen LogP contribution in [0.1, 0.15) is 0 Å². The van der Waals surface area contributed by atoms with Gasteiger partial charge in [0.25, 0.3) is 0 Å². The highest BCUT2D eigenvalue weighted by Gasteiger charge is 2.28. The molecule has 3 nitrogen and oxygen atoms in total. The maximum Gasteiger partial charge on any atom is 0.0618 e. The molecule has 0 aromatic carbocycles. The quantitative estimate of drug-likeness (QED) is 0.606. The van der Waals surface area contributed by atoms with Gasteiger partial charge in [0, 0.05) is 11.9 Å². The van der Waals surface area contributed by atoms with Crippen LogP contribution in [0, 0.1) is 0 Å². The number of halogens is 1. The van der Waals surface area contributed by atoms with Crippen LogP contribution in [0.25, 0.3) is 0 Å². The summed E-state index contributed by atoms with van der Waals surface area (Å²) in [6, 6.07) is 0.567. The van der Waals surface area contributed by atoms with Gasteiger partial charge in [-0.05, 0) is 12.5 Å². The van der Waals surface area contributed by atoms with Crippen LogP contribution in [0.4, 0.5) is 0 Å². The molecule has 1 aliphatic heterocycles. The minimum Gasteiger partial charge on any atom is -0.172 e. The van der Waals surface area contributed by atoms with E-state index in [0.29, 0.717) is 6.04 Å². The molecule has 1 saturated heterocycles. The molecule has 1 N–H and O–H groups in total. The van der Waals surface area contributed by atoms with Gasteiger partial charge in [-0.1, -0.05) is 39.8 Å². The molecular weight excluding hydrogens is 246 g/mol. The molecule has 0 aromatic heterocycles. The molecule has 0 amide bonds. The van der Waals surface area contributed by atoms with E-state index in [4.69, 9.17) is 0 Å². The summed E-state index contributed by atoms with van der Waals surface area (Å²) in [5.41, 5.74) is 3.25. The van der Waals surface area contributed by atoms with E-state index in [9.17, 15) is 0 Å². The summed E-state index contributed by atoms with van der Waals surface area (Å²) in [4.78, 5) is 0. The zero-order valence-corrected chi connectivity index (χ0v) is 9.80. The van der Waals surface area contributed by atoms with Crippen LogP contribution < -0.4 is 5.53 Å². The predicted molar refractivity (Wildman–Crippen MR) is 56.3 cm³/mol. The van der Waals surface area contributed by atoms with Crippen molar-refractivity contribution in [1.82, 2.24) is 14.4 Å². The first-order chi connectivity index (χ1) is 5.31. The standard InChI is InChI=1S/C5H12BrN3S2/c1-10-8-4-5(3-6)9(7-8)11-2/h5,7H,3-4H2,1-2H3. The molecule has 0 aromatic rings. The van der Waals surface area contributed by atoms with Crippen LogP contribution in [0.2, 0.25) is 0 Å². The first kappa shape index (κ1) is 10.1. The predicted octanol–water partition coefficient (Wildman–Crippen LogP) is 1.34. The van der Waals surface area contributed by atoms with Gasteiger partial charge in [-0.3, -0.25) is 0 Å². The molecule has 6 heteroatoms. The van der Waals surface area contributed by atoms with Crippen molar-refractivity contribution in [3.8, 4) is 0 Å². The molecule has 66 valence electrons. The lowest BCUT2D eigenvalue weighted by molar-refractivity contribution is 0.304. The number of hydrogen-bond acceptors (Lipinski definition) is 5. The van der Waals surface area contributed by atoms with E-state index in [1.54, 1.807) is 23.9 Å². The van der Waals surface area contributed by atoms with Gasteiger partial charge in [0.05, 0.1) is 6.04 Å². The summed E-state index contributed by atoms with van der Waals surface area (Å²) in [5, 5.41) is 1.01. The Morgan fingerprint density at radius 3 is 2.64 bits per heavy atom. The zero-order chi connectivity index (χ0) is 8.27. The fourth-order valence-electron chi connectivity index (χ4n) is 0.915. The molecule has 0 spiro atoms. The number of alkyl halides is 1. The fourth-order valence-corrected chi connectivity index (χ4v) is 2.76. The highest BCUT2D eigenvalue weighted by molar-refractivity contribution is 9.09. The molecule has 0 aliphatic carbocycles. The van der Waals surface area contributed by atoms with Gasteiger partial charge in [0.15, 0.2) is 0 Å². The van der Waals surface area contributed by atoms with Crippen LogP contribution in [0.15, 0.2) is 0 Å². The van der Waals surface area contributed by atoms with Crippen molar-refractivity contribution >= 4 is 39.8 Å². The van der Waals surface area contributed by atoms with Gasteiger partial charge >= 0.3 is 0 Å². The van der Waals surface area contributed by atoms with Gasteiger partial charge in [-0.2, -0.15) is 14.4 Å². The maximum absolute atomic E-state index is 3.48. The van der Waals surface area contributed by atoms with E-state index in [1.807, 2.05) is 0 Å². The van der Waals surface area contributed by atoms with Crippen molar-refractivity contribution < 1.29 is 0 Å². The Kier molecular flexibility index (Phi) is 4.55. The average Bonchev–Trinajstić information content (AvgIpc) is 2.46. The second kappa shape index (κ2) is 4.94. The number of nitrogens with zero attached hydrogens (tertiary/aromatic N) is 2. The molecule has 1 fully saturated rings. The molecule has 0 radical (unpaired) electrons. The van der Waals surface area contributed by atoms with Crippen molar-refractivity contribution in [2.24, 2.45) is 0 Å². The van der Waals surface area contributed by atoms with Crippen LogP contribution >= 0.6 is 39.8 Å². The lowest BCUT2D eigenvalue weighted by Crippen LogP contribution is -2.34. The van der Waals surface area contributed by atoms with Gasteiger partial charge < -0.3 is 0 Å². The monoisotopic (exact) mass is 257 g/mol. The van der Waals surface area contributed by atoms with Crippen molar-refractivity contribution in [2.45, 2.75) is 6.04 Å². The third-order valence-electron chi connectivity index (χ3n) is 1.51. The summed E-state index contributed by atoms with van der Waals surface area (Å²) in [6.07, 6.45) is 4.15. The largest absolute Gasteiger partial charge is 0.172 e. The Morgan fingerprint density at radius 1 is 1.55 bits per heavy atom. The van der Waals surface area contributed by atoms with Gasteiger partial charge in [0.1, 0.15) is 0 Å². The molecule has 1 heterocycles. The number of nitrogens with one attached hydrogen (secondary N) is 1. The van der Waals surface area contributed by atoms with Crippen LogP contribution in [-0.2, 0) is 0 Å². The van der Waals surface area contributed by atoms with Crippen molar-refractivity contribution in [3.05, 3.63) is 0 Å². The molecule has 1 aliphatic rings. The molecule has 11 heavy (non-hydrogen) atoms. The zero-order valence-electron chi connectivity index (χ0n) is 6.58. The third kappa shape index (κ3) is 2.50. The van der Waals surface area contributed by atoms with E-state index in [0.717, 1.165) is 11.9 Å². The second-order valence-corrected chi connectivity index (χ2v) is 4.37. The van der Waals surface area contributed by atoms with Gasteiger partial charge in [-0.25, -0.2) is 0 Å². The second-order valence-electron chi connectivity index (χ2n) is 2.16. The highest BCUT2D eigenvalue weighted by Crippen LogP contribution is 2.20. The Hall–Kier alpha value is 1.06.